The maximum absolute atomic E-state index is 7.68. The topological polar surface area (TPSA) is 59.1 Å². The van der Waals surface area contributed by atoms with Crippen molar-refractivity contribution in [2.24, 2.45) is 5.73 Å². The van der Waals surface area contributed by atoms with Crippen LogP contribution in [0.2, 0.25) is 0 Å². The number of methoxy groups -OCH3 is 1. The molecule has 2 aromatic carbocycles. The van der Waals surface area contributed by atoms with E-state index in [9.17, 15) is 0 Å². The van der Waals surface area contributed by atoms with E-state index < -0.39 is 0 Å². The van der Waals surface area contributed by atoms with Crippen molar-refractivity contribution in [3.05, 3.63) is 53.1 Å². The molecule has 0 radical (unpaired) electrons. The Morgan fingerprint density at radius 1 is 1.10 bits per heavy atom. The molecule has 0 unspecified atom stereocenters. The van der Waals surface area contributed by atoms with Crippen LogP contribution >= 0.6 is 11.8 Å². The summed E-state index contributed by atoms with van der Waals surface area (Å²) in [5.74, 6) is 0.835. The number of nitrogens with two attached hydrogens (primary N) is 1. The van der Waals surface area contributed by atoms with Gasteiger partial charge in [0.05, 0.1) is 7.11 Å². The molecule has 0 fully saturated rings. The van der Waals surface area contributed by atoms with Crippen molar-refractivity contribution in [3.8, 4) is 5.75 Å². The molecular formula is C16H18N2OS. The van der Waals surface area contributed by atoms with Crippen molar-refractivity contribution in [2.75, 3.05) is 7.11 Å². The fourth-order valence-corrected chi connectivity index (χ4v) is 3.02. The first-order valence-electron chi connectivity index (χ1n) is 6.29. The SMILES string of the molecule is COc1ccc(C(=N)N)c(Sc2ccc(C)cc2C)c1. The Kier molecular flexibility index (Phi) is 4.35. The van der Waals surface area contributed by atoms with E-state index in [4.69, 9.17) is 15.9 Å². The van der Waals surface area contributed by atoms with E-state index in [1.807, 2.05) is 18.2 Å². The molecule has 0 atom stereocenters. The normalized spacial score (nSPS) is 10.3. The van der Waals surface area contributed by atoms with Crippen LogP contribution in [0.1, 0.15) is 16.7 Å². The van der Waals surface area contributed by atoms with Gasteiger partial charge in [-0.05, 0) is 43.7 Å². The zero-order valence-electron chi connectivity index (χ0n) is 11.9. The lowest BCUT2D eigenvalue weighted by Gasteiger charge is -2.12. The van der Waals surface area contributed by atoms with Crippen LogP contribution in [-0.4, -0.2) is 12.9 Å². The quantitative estimate of drug-likeness (QED) is 0.665. The molecule has 0 amide bonds. The Morgan fingerprint density at radius 2 is 1.85 bits per heavy atom. The van der Waals surface area contributed by atoms with Crippen LogP contribution in [-0.2, 0) is 0 Å². The molecule has 0 aliphatic carbocycles. The molecule has 2 aromatic rings. The standard InChI is InChI=1S/C16H18N2OS/c1-10-4-7-14(11(2)8-10)20-15-9-12(19-3)5-6-13(15)16(17)18/h4-9H,1-3H3,(H3,17,18). The van der Waals surface area contributed by atoms with Crippen molar-refractivity contribution < 1.29 is 4.74 Å². The molecule has 0 saturated heterocycles. The molecule has 0 aromatic heterocycles. The summed E-state index contributed by atoms with van der Waals surface area (Å²) in [6, 6.07) is 11.9. The lowest BCUT2D eigenvalue weighted by molar-refractivity contribution is 0.413. The van der Waals surface area contributed by atoms with Crippen LogP contribution in [0.15, 0.2) is 46.2 Å². The number of benzene rings is 2. The molecule has 20 heavy (non-hydrogen) atoms. The maximum atomic E-state index is 7.68. The molecule has 0 heterocycles. The molecule has 104 valence electrons. The van der Waals surface area contributed by atoms with Gasteiger partial charge >= 0.3 is 0 Å². The van der Waals surface area contributed by atoms with E-state index in [0.717, 1.165) is 21.1 Å². The molecule has 2 rings (SSSR count). The third-order valence-corrected chi connectivity index (χ3v) is 4.26. The second-order valence-electron chi connectivity index (χ2n) is 4.65. The summed E-state index contributed by atoms with van der Waals surface area (Å²) in [5.41, 5.74) is 8.84. The average molecular weight is 286 g/mol. The van der Waals surface area contributed by atoms with E-state index in [-0.39, 0.29) is 5.84 Å². The fourth-order valence-electron chi connectivity index (χ4n) is 1.97. The predicted molar refractivity (Wildman–Crippen MR) is 84.0 cm³/mol. The van der Waals surface area contributed by atoms with Gasteiger partial charge in [-0.25, -0.2) is 0 Å². The molecule has 3 N–H and O–H groups in total. The second-order valence-corrected chi connectivity index (χ2v) is 5.73. The number of aryl methyl sites for hydroxylation is 2. The van der Waals surface area contributed by atoms with Crippen LogP contribution in [0.5, 0.6) is 5.75 Å². The second kappa shape index (κ2) is 6.01. The summed E-state index contributed by atoms with van der Waals surface area (Å²) in [7, 11) is 1.63. The highest BCUT2D eigenvalue weighted by Gasteiger charge is 2.10. The predicted octanol–water partition coefficient (Wildman–Crippen LogP) is 3.75. The minimum Gasteiger partial charge on any atom is -0.497 e. The Hall–Kier alpha value is -1.94. The number of hydrogen-bond donors (Lipinski definition) is 2. The van der Waals surface area contributed by atoms with Gasteiger partial charge in [0.15, 0.2) is 0 Å². The number of amidine groups is 1. The molecule has 3 nitrogen and oxygen atoms in total. The van der Waals surface area contributed by atoms with Crippen LogP contribution in [0.3, 0.4) is 0 Å². The zero-order chi connectivity index (χ0) is 14.7. The number of nitrogens with one attached hydrogen (secondary N) is 1. The molecule has 0 aliphatic rings. The molecule has 0 saturated carbocycles. The highest BCUT2D eigenvalue weighted by molar-refractivity contribution is 7.99. The first-order chi connectivity index (χ1) is 9.51. The summed E-state index contributed by atoms with van der Waals surface area (Å²) in [4.78, 5) is 2.09. The van der Waals surface area contributed by atoms with Crippen molar-refractivity contribution in [2.45, 2.75) is 23.6 Å². The van der Waals surface area contributed by atoms with Crippen LogP contribution in [0.25, 0.3) is 0 Å². The Labute approximate surface area is 123 Å². The number of hydrogen-bond acceptors (Lipinski definition) is 3. The Balaban J connectivity index is 2.43. The minimum atomic E-state index is 0.0694. The summed E-state index contributed by atoms with van der Waals surface area (Å²) in [6.07, 6.45) is 0. The van der Waals surface area contributed by atoms with Gasteiger partial charge in [-0.2, -0.15) is 0 Å². The van der Waals surface area contributed by atoms with Gasteiger partial charge in [-0.1, -0.05) is 29.5 Å². The third kappa shape index (κ3) is 3.14. The van der Waals surface area contributed by atoms with E-state index in [1.165, 1.54) is 11.1 Å². The third-order valence-electron chi connectivity index (χ3n) is 3.03. The van der Waals surface area contributed by atoms with Gasteiger partial charge in [-0.15, -0.1) is 0 Å². The van der Waals surface area contributed by atoms with Crippen LogP contribution in [0, 0.1) is 19.3 Å². The summed E-state index contributed by atoms with van der Waals surface area (Å²) < 4.78 is 5.25. The van der Waals surface area contributed by atoms with Crippen LogP contribution < -0.4 is 10.5 Å². The van der Waals surface area contributed by atoms with E-state index in [0.29, 0.717) is 0 Å². The van der Waals surface area contributed by atoms with E-state index in [1.54, 1.807) is 18.9 Å². The van der Waals surface area contributed by atoms with Crippen molar-refractivity contribution in [1.29, 1.82) is 5.41 Å². The summed E-state index contributed by atoms with van der Waals surface area (Å²) >= 11 is 1.61. The van der Waals surface area contributed by atoms with Gasteiger partial charge in [0, 0.05) is 15.4 Å². The van der Waals surface area contributed by atoms with Crippen molar-refractivity contribution in [1.82, 2.24) is 0 Å². The largest absolute Gasteiger partial charge is 0.497 e. The van der Waals surface area contributed by atoms with E-state index >= 15 is 0 Å². The van der Waals surface area contributed by atoms with Crippen molar-refractivity contribution in [3.63, 3.8) is 0 Å². The molecule has 0 spiro atoms. The van der Waals surface area contributed by atoms with Gasteiger partial charge < -0.3 is 10.5 Å². The highest BCUT2D eigenvalue weighted by atomic mass is 32.2. The summed E-state index contributed by atoms with van der Waals surface area (Å²) in [6.45, 7) is 4.16. The lowest BCUT2D eigenvalue weighted by atomic mass is 10.2. The first-order valence-corrected chi connectivity index (χ1v) is 7.10. The van der Waals surface area contributed by atoms with Gasteiger partial charge in [0.2, 0.25) is 0 Å². The smallest absolute Gasteiger partial charge is 0.123 e. The number of nitrogen functional groups attached to an aromatic ring is 1. The monoisotopic (exact) mass is 286 g/mol. The Morgan fingerprint density at radius 3 is 2.45 bits per heavy atom. The molecule has 4 heteroatoms. The number of rotatable bonds is 4. The van der Waals surface area contributed by atoms with Crippen LogP contribution in [0.4, 0.5) is 0 Å². The number of ether oxygens (including phenoxy) is 1. The molecule has 0 aliphatic heterocycles. The van der Waals surface area contributed by atoms with Gasteiger partial charge in [-0.3, -0.25) is 5.41 Å². The molecular weight excluding hydrogens is 268 g/mol. The average Bonchev–Trinajstić information content (AvgIpc) is 2.41. The lowest BCUT2D eigenvalue weighted by Crippen LogP contribution is -2.12. The van der Waals surface area contributed by atoms with Gasteiger partial charge in [0.1, 0.15) is 11.6 Å². The maximum Gasteiger partial charge on any atom is 0.123 e. The first kappa shape index (κ1) is 14.5. The van der Waals surface area contributed by atoms with E-state index in [2.05, 4.69) is 32.0 Å². The zero-order valence-corrected chi connectivity index (χ0v) is 12.7. The minimum absolute atomic E-state index is 0.0694. The van der Waals surface area contributed by atoms with Gasteiger partial charge in [0.25, 0.3) is 0 Å². The highest BCUT2D eigenvalue weighted by Crippen LogP contribution is 2.35. The Bertz CT molecular complexity index is 653. The fraction of sp³-hybridized carbons (Fsp3) is 0.188. The van der Waals surface area contributed by atoms with Crippen molar-refractivity contribution >= 4 is 17.6 Å². The summed E-state index contributed by atoms with van der Waals surface area (Å²) in [5, 5.41) is 7.68. The molecule has 0 bridgehead atoms.